The summed E-state index contributed by atoms with van der Waals surface area (Å²) in [4.78, 5) is 5.06. The molecule has 17 heavy (non-hydrogen) atoms. The predicted octanol–water partition coefficient (Wildman–Crippen LogP) is 2.58. The summed E-state index contributed by atoms with van der Waals surface area (Å²) in [6, 6.07) is 11.7. The van der Waals surface area contributed by atoms with Gasteiger partial charge in [0.15, 0.2) is 0 Å². The van der Waals surface area contributed by atoms with Gasteiger partial charge in [-0.15, -0.1) is 11.3 Å². The van der Waals surface area contributed by atoms with Gasteiger partial charge in [0.05, 0.1) is 16.1 Å². The molecule has 1 aromatic carbocycles. The van der Waals surface area contributed by atoms with Crippen molar-refractivity contribution in [3.63, 3.8) is 0 Å². The van der Waals surface area contributed by atoms with Crippen LogP contribution in [0.1, 0.15) is 0 Å². The first-order valence-corrected chi connectivity index (χ1v) is 6.02. The fourth-order valence-electron chi connectivity index (χ4n) is 1.63. The van der Waals surface area contributed by atoms with Crippen molar-refractivity contribution in [3.8, 4) is 16.3 Å². The Balaban J connectivity index is 2.08. The van der Waals surface area contributed by atoms with Crippen molar-refractivity contribution in [3.05, 3.63) is 48.1 Å². The van der Waals surface area contributed by atoms with E-state index in [1.807, 2.05) is 36.4 Å². The van der Waals surface area contributed by atoms with E-state index in [9.17, 15) is 0 Å². The maximum Gasteiger partial charge on any atom is 0.127 e. The third kappa shape index (κ3) is 1.81. The van der Waals surface area contributed by atoms with E-state index in [4.69, 9.17) is 5.73 Å². The lowest BCUT2D eigenvalue weighted by Gasteiger charge is -2.02. The van der Waals surface area contributed by atoms with Crippen molar-refractivity contribution >= 4 is 17.2 Å². The molecular formula is C12H10N4S. The third-order valence-corrected chi connectivity index (χ3v) is 3.22. The number of benzene rings is 1. The molecule has 0 atom stereocenters. The molecule has 0 saturated carbocycles. The van der Waals surface area contributed by atoms with Crippen LogP contribution in [0.2, 0.25) is 0 Å². The highest BCUT2D eigenvalue weighted by atomic mass is 32.1. The van der Waals surface area contributed by atoms with Gasteiger partial charge in [-0.1, -0.05) is 18.2 Å². The summed E-state index contributed by atoms with van der Waals surface area (Å²) in [5, 5.41) is 4.48. The molecule has 0 saturated heterocycles. The largest absolute Gasteiger partial charge is 0.384 e. The summed E-state index contributed by atoms with van der Waals surface area (Å²) < 4.78 is 1.73. The number of rotatable bonds is 2. The van der Waals surface area contributed by atoms with Crippen LogP contribution in [0.25, 0.3) is 16.3 Å². The van der Waals surface area contributed by atoms with Crippen LogP contribution >= 0.6 is 11.3 Å². The molecule has 3 rings (SSSR count). The Hall–Kier alpha value is -2.14. The van der Waals surface area contributed by atoms with E-state index in [1.54, 1.807) is 27.7 Å². The SMILES string of the molecule is Nc1cc(-c2cncs2)nn1-c1ccccc1. The molecule has 4 nitrogen and oxygen atoms in total. The zero-order chi connectivity index (χ0) is 11.7. The van der Waals surface area contributed by atoms with E-state index in [0.717, 1.165) is 16.3 Å². The highest BCUT2D eigenvalue weighted by Gasteiger charge is 2.09. The first kappa shape index (κ1) is 10.0. The number of nitrogens with two attached hydrogens (primary N) is 1. The van der Waals surface area contributed by atoms with Crippen LogP contribution in [0.5, 0.6) is 0 Å². The van der Waals surface area contributed by atoms with Crippen LogP contribution in [-0.4, -0.2) is 14.8 Å². The molecule has 0 fully saturated rings. The number of para-hydroxylation sites is 1. The standard InChI is InChI=1S/C12H10N4S/c13-12-6-10(11-7-14-8-17-11)15-16(12)9-4-2-1-3-5-9/h1-8H,13H2. The fourth-order valence-corrected chi connectivity index (χ4v) is 2.21. The van der Waals surface area contributed by atoms with Gasteiger partial charge < -0.3 is 5.73 Å². The van der Waals surface area contributed by atoms with E-state index < -0.39 is 0 Å². The Labute approximate surface area is 102 Å². The number of nitrogens with zero attached hydrogens (tertiary/aromatic N) is 3. The van der Waals surface area contributed by atoms with Crippen LogP contribution in [0.3, 0.4) is 0 Å². The molecule has 0 spiro atoms. The normalized spacial score (nSPS) is 10.6. The minimum atomic E-state index is 0.625. The van der Waals surface area contributed by atoms with Crippen molar-refractivity contribution in [2.24, 2.45) is 0 Å². The van der Waals surface area contributed by atoms with Gasteiger partial charge in [-0.05, 0) is 12.1 Å². The van der Waals surface area contributed by atoms with Gasteiger partial charge in [0, 0.05) is 12.3 Å². The number of thiazole rings is 1. The summed E-state index contributed by atoms with van der Waals surface area (Å²) in [5.74, 6) is 0.625. The molecule has 2 aromatic heterocycles. The predicted molar refractivity (Wildman–Crippen MR) is 69.1 cm³/mol. The average Bonchev–Trinajstić information content (AvgIpc) is 2.99. The van der Waals surface area contributed by atoms with E-state index in [-0.39, 0.29) is 0 Å². The van der Waals surface area contributed by atoms with Crippen LogP contribution in [0, 0.1) is 0 Å². The Morgan fingerprint density at radius 1 is 1.18 bits per heavy atom. The molecule has 5 heteroatoms. The molecule has 0 unspecified atom stereocenters. The second kappa shape index (κ2) is 4.03. The fraction of sp³-hybridized carbons (Fsp3) is 0. The van der Waals surface area contributed by atoms with Crippen molar-refractivity contribution in [1.82, 2.24) is 14.8 Å². The summed E-state index contributed by atoms with van der Waals surface area (Å²) in [6.07, 6.45) is 1.79. The lowest BCUT2D eigenvalue weighted by molar-refractivity contribution is 0.896. The summed E-state index contributed by atoms with van der Waals surface area (Å²) in [6.45, 7) is 0. The summed E-state index contributed by atoms with van der Waals surface area (Å²) >= 11 is 1.55. The Bertz CT molecular complexity index is 613. The van der Waals surface area contributed by atoms with Crippen LogP contribution in [-0.2, 0) is 0 Å². The maximum atomic E-state index is 5.96. The lowest BCUT2D eigenvalue weighted by atomic mass is 10.3. The number of hydrogen-bond acceptors (Lipinski definition) is 4. The molecule has 0 aliphatic rings. The Morgan fingerprint density at radius 2 is 2.00 bits per heavy atom. The molecule has 0 bridgehead atoms. The summed E-state index contributed by atoms with van der Waals surface area (Å²) in [7, 11) is 0. The number of nitrogen functional groups attached to an aromatic ring is 1. The number of hydrogen-bond donors (Lipinski definition) is 1. The topological polar surface area (TPSA) is 56.7 Å². The monoisotopic (exact) mass is 242 g/mol. The van der Waals surface area contributed by atoms with E-state index >= 15 is 0 Å². The molecular weight excluding hydrogens is 232 g/mol. The lowest BCUT2D eigenvalue weighted by Crippen LogP contribution is -2.00. The van der Waals surface area contributed by atoms with Gasteiger partial charge in [0.2, 0.25) is 0 Å². The number of anilines is 1. The first-order valence-electron chi connectivity index (χ1n) is 5.14. The summed E-state index contributed by atoms with van der Waals surface area (Å²) in [5.41, 5.74) is 9.56. The molecule has 0 aliphatic carbocycles. The molecule has 0 radical (unpaired) electrons. The van der Waals surface area contributed by atoms with Gasteiger partial charge in [-0.3, -0.25) is 4.98 Å². The minimum Gasteiger partial charge on any atom is -0.384 e. The van der Waals surface area contributed by atoms with Crippen LogP contribution in [0.15, 0.2) is 48.1 Å². The Kier molecular flexibility index (Phi) is 2.38. The van der Waals surface area contributed by atoms with Crippen molar-refractivity contribution in [1.29, 1.82) is 0 Å². The smallest absolute Gasteiger partial charge is 0.127 e. The van der Waals surface area contributed by atoms with Gasteiger partial charge in [-0.25, -0.2) is 4.68 Å². The molecule has 3 aromatic rings. The number of aromatic nitrogens is 3. The highest BCUT2D eigenvalue weighted by Crippen LogP contribution is 2.25. The molecule has 2 heterocycles. The average molecular weight is 242 g/mol. The van der Waals surface area contributed by atoms with E-state index in [0.29, 0.717) is 5.82 Å². The highest BCUT2D eigenvalue weighted by molar-refractivity contribution is 7.13. The molecule has 0 aliphatic heterocycles. The third-order valence-electron chi connectivity index (χ3n) is 2.42. The zero-order valence-corrected chi connectivity index (χ0v) is 9.76. The van der Waals surface area contributed by atoms with Crippen molar-refractivity contribution < 1.29 is 0 Å². The van der Waals surface area contributed by atoms with Crippen molar-refractivity contribution in [2.45, 2.75) is 0 Å². The van der Waals surface area contributed by atoms with E-state index in [2.05, 4.69) is 10.1 Å². The molecule has 2 N–H and O–H groups in total. The van der Waals surface area contributed by atoms with Gasteiger partial charge in [-0.2, -0.15) is 5.10 Å². The maximum absolute atomic E-state index is 5.96. The quantitative estimate of drug-likeness (QED) is 0.751. The van der Waals surface area contributed by atoms with Gasteiger partial charge >= 0.3 is 0 Å². The molecule has 84 valence electrons. The first-order chi connectivity index (χ1) is 8.34. The minimum absolute atomic E-state index is 0.625. The van der Waals surface area contributed by atoms with Crippen LogP contribution < -0.4 is 5.73 Å². The van der Waals surface area contributed by atoms with Crippen LogP contribution in [0.4, 0.5) is 5.82 Å². The zero-order valence-electron chi connectivity index (χ0n) is 8.95. The second-order valence-corrected chi connectivity index (χ2v) is 4.45. The van der Waals surface area contributed by atoms with Gasteiger partial charge in [0.1, 0.15) is 11.5 Å². The van der Waals surface area contributed by atoms with E-state index in [1.165, 1.54) is 0 Å². The Morgan fingerprint density at radius 3 is 2.71 bits per heavy atom. The van der Waals surface area contributed by atoms with Gasteiger partial charge in [0.25, 0.3) is 0 Å². The van der Waals surface area contributed by atoms with Crippen molar-refractivity contribution in [2.75, 3.05) is 5.73 Å². The molecule has 0 amide bonds. The second-order valence-electron chi connectivity index (χ2n) is 3.57.